The van der Waals surface area contributed by atoms with E-state index in [9.17, 15) is 50.3 Å². The molecule has 18 heteroatoms. The molecule has 0 aromatic heterocycles. The standard InChI is InChI=1S/C25H22ClF6N3O6S2/c1-11(36)33-18(9-42)23(40)43-10-19(34-12(2)37)22(39)41-20-4-3-15(26)8-17(20)21(38)35-16-6-13(24(27,28)29)5-14(7-16)25(30,31)32/h3-8,18-19,42H,9-10H2,1-2H3,(H,33,36)(H,34,37)(H,35,38). The van der Waals surface area contributed by atoms with E-state index in [1.54, 1.807) is 0 Å². The highest BCUT2D eigenvalue weighted by molar-refractivity contribution is 8.13. The van der Waals surface area contributed by atoms with Gasteiger partial charge in [-0.3, -0.25) is 19.2 Å². The molecule has 0 heterocycles. The summed E-state index contributed by atoms with van der Waals surface area (Å²) in [7, 11) is 0. The number of thioether (sulfide) groups is 1. The maximum Gasteiger partial charge on any atom is 0.416 e. The van der Waals surface area contributed by atoms with Crippen molar-refractivity contribution in [1.82, 2.24) is 10.6 Å². The van der Waals surface area contributed by atoms with E-state index >= 15 is 0 Å². The van der Waals surface area contributed by atoms with Gasteiger partial charge in [0, 0.05) is 36.1 Å². The summed E-state index contributed by atoms with van der Waals surface area (Å²) in [6.07, 6.45) is -10.4. The number of rotatable bonds is 10. The quantitative estimate of drug-likeness (QED) is 0.124. The van der Waals surface area contributed by atoms with E-state index in [4.69, 9.17) is 16.3 Å². The van der Waals surface area contributed by atoms with Crippen molar-refractivity contribution >= 4 is 70.5 Å². The smallest absolute Gasteiger partial charge is 0.416 e. The molecule has 2 rings (SSSR count). The van der Waals surface area contributed by atoms with Crippen molar-refractivity contribution in [3.8, 4) is 5.75 Å². The topological polar surface area (TPSA) is 131 Å². The van der Waals surface area contributed by atoms with Gasteiger partial charge in [-0.2, -0.15) is 39.0 Å². The van der Waals surface area contributed by atoms with Crippen molar-refractivity contribution in [2.24, 2.45) is 0 Å². The first-order chi connectivity index (χ1) is 19.8. The first-order valence-electron chi connectivity index (χ1n) is 11.8. The predicted octanol–water partition coefficient (Wildman–Crippen LogP) is 4.73. The Balaban J connectivity index is 2.34. The van der Waals surface area contributed by atoms with Crippen LogP contribution in [0.2, 0.25) is 5.02 Å². The van der Waals surface area contributed by atoms with Gasteiger partial charge in [-0.1, -0.05) is 23.4 Å². The third-order valence-electron chi connectivity index (χ3n) is 5.14. The average Bonchev–Trinajstić information content (AvgIpc) is 2.88. The molecule has 0 saturated heterocycles. The number of thiol groups is 1. The minimum atomic E-state index is -5.18. The summed E-state index contributed by atoms with van der Waals surface area (Å²) >= 11 is 10.5. The Labute approximate surface area is 254 Å². The van der Waals surface area contributed by atoms with Gasteiger partial charge < -0.3 is 20.7 Å². The van der Waals surface area contributed by atoms with Gasteiger partial charge in [0.1, 0.15) is 17.8 Å². The van der Waals surface area contributed by atoms with E-state index in [-0.39, 0.29) is 34.7 Å². The summed E-state index contributed by atoms with van der Waals surface area (Å²) < 4.78 is 84.6. The van der Waals surface area contributed by atoms with Crippen LogP contribution in [-0.2, 0) is 31.5 Å². The molecule has 0 bridgehead atoms. The largest absolute Gasteiger partial charge is 0.424 e. The number of halogens is 7. The maximum atomic E-state index is 13.2. The Kier molecular flexibility index (Phi) is 12.3. The van der Waals surface area contributed by atoms with Gasteiger partial charge in [0.05, 0.1) is 16.7 Å². The Morgan fingerprint density at radius 1 is 0.884 bits per heavy atom. The molecule has 2 atom stereocenters. The van der Waals surface area contributed by atoms with Gasteiger partial charge in [0.2, 0.25) is 16.9 Å². The zero-order chi connectivity index (χ0) is 32.7. The maximum absolute atomic E-state index is 13.2. The van der Waals surface area contributed by atoms with Crippen molar-refractivity contribution in [3.63, 3.8) is 0 Å². The van der Waals surface area contributed by atoms with E-state index in [1.165, 1.54) is 13.0 Å². The van der Waals surface area contributed by atoms with Crippen LogP contribution in [0.5, 0.6) is 5.75 Å². The monoisotopic (exact) mass is 673 g/mol. The summed E-state index contributed by atoms with van der Waals surface area (Å²) in [6.45, 7) is 2.24. The molecule has 0 saturated carbocycles. The molecule has 234 valence electrons. The molecule has 3 N–H and O–H groups in total. The van der Waals surface area contributed by atoms with Crippen LogP contribution < -0.4 is 20.7 Å². The molecule has 3 amide bonds. The number of ether oxygens (including phenoxy) is 1. The van der Waals surface area contributed by atoms with E-state index < -0.39 is 81.4 Å². The third kappa shape index (κ3) is 11.0. The lowest BCUT2D eigenvalue weighted by atomic mass is 10.1. The first kappa shape index (κ1) is 35.8. The molecule has 0 aliphatic rings. The van der Waals surface area contributed by atoms with Gasteiger partial charge in [0.25, 0.3) is 5.91 Å². The average molecular weight is 674 g/mol. The lowest BCUT2D eigenvalue weighted by molar-refractivity contribution is -0.143. The van der Waals surface area contributed by atoms with Crippen molar-refractivity contribution in [2.45, 2.75) is 38.3 Å². The first-order valence-corrected chi connectivity index (χ1v) is 13.7. The molecular weight excluding hydrogens is 652 g/mol. The van der Waals surface area contributed by atoms with Gasteiger partial charge in [-0.05, 0) is 36.4 Å². The Morgan fingerprint density at radius 3 is 1.91 bits per heavy atom. The molecule has 0 fully saturated rings. The molecule has 2 unspecified atom stereocenters. The number of carbonyl (C=O) groups is 5. The molecule has 2 aromatic carbocycles. The van der Waals surface area contributed by atoms with Gasteiger partial charge in [0.15, 0.2) is 0 Å². The molecule has 0 radical (unpaired) electrons. The Bertz CT molecular complexity index is 1370. The summed E-state index contributed by atoms with van der Waals surface area (Å²) in [5.74, 6) is -4.67. The zero-order valence-electron chi connectivity index (χ0n) is 22.0. The number of anilines is 1. The van der Waals surface area contributed by atoms with Crippen LogP contribution in [0, 0.1) is 0 Å². The highest BCUT2D eigenvalue weighted by Gasteiger charge is 2.37. The molecule has 0 aliphatic heterocycles. The van der Waals surface area contributed by atoms with Crippen LogP contribution in [0.15, 0.2) is 36.4 Å². The second-order valence-electron chi connectivity index (χ2n) is 8.63. The number of benzene rings is 2. The fraction of sp³-hybridized carbons (Fsp3) is 0.320. The predicted molar refractivity (Wildman–Crippen MR) is 148 cm³/mol. The summed E-state index contributed by atoms with van der Waals surface area (Å²) in [5.41, 5.74) is -4.79. The second-order valence-corrected chi connectivity index (χ2v) is 10.5. The van der Waals surface area contributed by atoms with Gasteiger partial charge in [-0.15, -0.1) is 0 Å². The fourth-order valence-corrected chi connectivity index (χ4v) is 4.72. The number of carbonyl (C=O) groups excluding carboxylic acids is 5. The number of nitrogens with one attached hydrogen (secondary N) is 3. The lowest BCUT2D eigenvalue weighted by Gasteiger charge is -2.19. The number of amides is 3. The van der Waals surface area contributed by atoms with Gasteiger partial charge >= 0.3 is 18.3 Å². The number of alkyl halides is 6. The summed E-state index contributed by atoms with van der Waals surface area (Å²) in [4.78, 5) is 61.3. The van der Waals surface area contributed by atoms with Crippen molar-refractivity contribution in [1.29, 1.82) is 0 Å². The van der Waals surface area contributed by atoms with Crippen LogP contribution in [0.4, 0.5) is 32.0 Å². The second kappa shape index (κ2) is 14.8. The van der Waals surface area contributed by atoms with E-state index in [0.717, 1.165) is 19.1 Å². The SMILES string of the molecule is CC(=O)NC(CSC(=O)C(CS)NC(C)=O)C(=O)Oc1ccc(Cl)cc1C(=O)Nc1cc(C(F)(F)F)cc(C(F)(F)F)c1. The minimum Gasteiger partial charge on any atom is -0.424 e. The van der Waals surface area contributed by atoms with Crippen molar-refractivity contribution < 1.29 is 55.1 Å². The number of hydrogen-bond donors (Lipinski definition) is 4. The third-order valence-corrected chi connectivity index (χ3v) is 6.81. The highest BCUT2D eigenvalue weighted by Crippen LogP contribution is 2.38. The molecule has 9 nitrogen and oxygen atoms in total. The summed E-state index contributed by atoms with van der Waals surface area (Å²) in [6, 6.07) is 1.08. The Hall–Kier alpha value is -3.44. The van der Waals surface area contributed by atoms with Crippen LogP contribution >= 0.6 is 36.0 Å². The van der Waals surface area contributed by atoms with Crippen molar-refractivity contribution in [2.75, 3.05) is 16.8 Å². The van der Waals surface area contributed by atoms with E-state index in [0.29, 0.717) is 11.8 Å². The van der Waals surface area contributed by atoms with Crippen LogP contribution in [0.3, 0.4) is 0 Å². The normalized spacial score (nSPS) is 13.0. The Morgan fingerprint density at radius 2 is 1.42 bits per heavy atom. The van der Waals surface area contributed by atoms with Crippen LogP contribution in [-0.4, -0.2) is 52.4 Å². The van der Waals surface area contributed by atoms with E-state index in [1.807, 2.05) is 5.32 Å². The zero-order valence-corrected chi connectivity index (χ0v) is 24.5. The minimum absolute atomic E-state index is 0.0692. The van der Waals surface area contributed by atoms with Crippen molar-refractivity contribution in [3.05, 3.63) is 58.1 Å². The molecule has 0 aliphatic carbocycles. The fourth-order valence-electron chi connectivity index (χ4n) is 3.28. The molecule has 2 aromatic rings. The number of hydrogen-bond acceptors (Lipinski definition) is 8. The molecular formula is C25H22ClF6N3O6S2. The van der Waals surface area contributed by atoms with Gasteiger partial charge in [-0.25, -0.2) is 4.79 Å². The van der Waals surface area contributed by atoms with E-state index in [2.05, 4.69) is 23.3 Å². The molecule has 0 spiro atoms. The molecule has 43 heavy (non-hydrogen) atoms. The van der Waals surface area contributed by atoms with Crippen LogP contribution in [0.1, 0.15) is 35.3 Å². The highest BCUT2D eigenvalue weighted by atomic mass is 35.5. The van der Waals surface area contributed by atoms with Crippen LogP contribution in [0.25, 0.3) is 0 Å². The number of esters is 1. The lowest BCUT2D eigenvalue weighted by Crippen LogP contribution is -2.45. The summed E-state index contributed by atoms with van der Waals surface area (Å²) in [5, 5.41) is 5.82.